The number of nitrogens with zero attached hydrogens (tertiary/aromatic N) is 3. The number of rotatable bonds is 5. The molecule has 120 valence electrons. The van der Waals surface area contributed by atoms with E-state index < -0.39 is 0 Å². The largest absolute Gasteiger partial charge is 0.396 e. The van der Waals surface area contributed by atoms with Crippen LogP contribution >= 0.6 is 0 Å². The molecule has 1 aliphatic rings. The Morgan fingerprint density at radius 1 is 1.41 bits per heavy atom. The number of aromatic nitrogens is 2. The van der Waals surface area contributed by atoms with Gasteiger partial charge in [0.1, 0.15) is 5.65 Å². The average molecular weight is 301 g/mol. The van der Waals surface area contributed by atoms with Crippen LogP contribution in [-0.2, 0) is 6.54 Å². The molecule has 0 aromatic carbocycles. The second-order valence-electron chi connectivity index (χ2n) is 6.92. The predicted molar refractivity (Wildman–Crippen MR) is 88.9 cm³/mol. The van der Waals surface area contributed by atoms with Gasteiger partial charge in [0.2, 0.25) is 0 Å². The summed E-state index contributed by atoms with van der Waals surface area (Å²) in [5.74, 6) is 0. The molecule has 3 heterocycles. The molecule has 0 amide bonds. The minimum Gasteiger partial charge on any atom is -0.396 e. The maximum atomic E-state index is 9.85. The Balaban J connectivity index is 1.73. The third kappa shape index (κ3) is 3.18. The minimum absolute atomic E-state index is 0.0999. The van der Waals surface area contributed by atoms with E-state index in [0.717, 1.165) is 50.2 Å². The molecule has 0 radical (unpaired) electrons. The number of fused-ring (bicyclic) bond motifs is 1. The summed E-state index contributed by atoms with van der Waals surface area (Å²) in [6, 6.07) is 4.23. The molecule has 0 unspecified atom stereocenters. The second kappa shape index (κ2) is 6.39. The number of aliphatic hydroxyl groups is 1. The van der Waals surface area contributed by atoms with Gasteiger partial charge in [0.05, 0.1) is 5.69 Å². The van der Waals surface area contributed by atoms with Crippen molar-refractivity contribution >= 4 is 5.65 Å². The van der Waals surface area contributed by atoms with Crippen LogP contribution in [0.2, 0.25) is 0 Å². The fourth-order valence-electron chi connectivity index (χ4n) is 3.83. The highest BCUT2D eigenvalue weighted by Gasteiger charge is 2.34. The van der Waals surface area contributed by atoms with Crippen LogP contribution in [0.3, 0.4) is 0 Å². The molecule has 0 spiro atoms. The third-order valence-electron chi connectivity index (χ3n) is 4.91. The van der Waals surface area contributed by atoms with Crippen molar-refractivity contribution in [1.29, 1.82) is 0 Å². The van der Waals surface area contributed by atoms with Gasteiger partial charge in [-0.3, -0.25) is 4.90 Å². The quantitative estimate of drug-likeness (QED) is 0.923. The lowest BCUT2D eigenvalue weighted by molar-refractivity contribution is 0.0212. The van der Waals surface area contributed by atoms with Gasteiger partial charge >= 0.3 is 0 Å². The van der Waals surface area contributed by atoms with Crippen LogP contribution in [0.15, 0.2) is 24.5 Å². The molecule has 4 nitrogen and oxygen atoms in total. The Bertz CT molecular complexity index is 632. The smallest absolute Gasteiger partial charge is 0.137 e. The molecule has 1 saturated heterocycles. The van der Waals surface area contributed by atoms with Crippen molar-refractivity contribution in [2.75, 3.05) is 19.7 Å². The standard InChI is InChI=1S/C18H27N3O/c1-3-6-18(14-22)7-4-8-20(13-18)11-16-12-21-9-5-15(2)10-17(21)19-16/h5,9-10,12,22H,3-4,6-8,11,13-14H2,1-2H3/t18-/m0/s1. The Morgan fingerprint density at radius 2 is 2.27 bits per heavy atom. The van der Waals surface area contributed by atoms with E-state index in [2.05, 4.69) is 47.7 Å². The lowest BCUT2D eigenvalue weighted by atomic mass is 9.77. The van der Waals surface area contributed by atoms with Crippen LogP contribution in [0, 0.1) is 12.3 Å². The second-order valence-corrected chi connectivity index (χ2v) is 6.92. The summed E-state index contributed by atoms with van der Waals surface area (Å²) in [7, 11) is 0. The number of likely N-dealkylation sites (tertiary alicyclic amines) is 1. The van der Waals surface area contributed by atoms with Gasteiger partial charge in [-0.05, 0) is 50.4 Å². The van der Waals surface area contributed by atoms with Crippen LogP contribution in [0.4, 0.5) is 0 Å². The topological polar surface area (TPSA) is 40.8 Å². The zero-order valence-electron chi connectivity index (χ0n) is 13.8. The number of aliphatic hydroxyl groups excluding tert-OH is 1. The average Bonchev–Trinajstić information content (AvgIpc) is 2.89. The maximum Gasteiger partial charge on any atom is 0.137 e. The summed E-state index contributed by atoms with van der Waals surface area (Å²) >= 11 is 0. The van der Waals surface area contributed by atoms with Gasteiger partial charge in [0, 0.05) is 37.5 Å². The summed E-state index contributed by atoms with van der Waals surface area (Å²) in [5, 5.41) is 9.85. The molecule has 3 rings (SSSR count). The van der Waals surface area contributed by atoms with E-state index in [0.29, 0.717) is 6.61 Å². The Kier molecular flexibility index (Phi) is 4.50. The number of hydrogen-bond donors (Lipinski definition) is 1. The SMILES string of the molecule is CCC[C@]1(CO)CCCN(Cc2cn3ccc(C)cc3n2)C1. The van der Waals surface area contributed by atoms with Crippen molar-refractivity contribution in [2.45, 2.75) is 46.1 Å². The van der Waals surface area contributed by atoms with Gasteiger partial charge in [-0.1, -0.05) is 13.3 Å². The zero-order valence-corrected chi connectivity index (χ0v) is 13.8. The highest BCUT2D eigenvalue weighted by molar-refractivity contribution is 5.42. The van der Waals surface area contributed by atoms with Crippen LogP contribution in [0.5, 0.6) is 0 Å². The molecule has 1 fully saturated rings. The molecule has 22 heavy (non-hydrogen) atoms. The Morgan fingerprint density at radius 3 is 3.05 bits per heavy atom. The lowest BCUT2D eigenvalue weighted by Gasteiger charge is -2.41. The molecule has 4 heteroatoms. The van der Waals surface area contributed by atoms with Gasteiger partial charge in [-0.15, -0.1) is 0 Å². The number of aryl methyl sites for hydroxylation is 1. The van der Waals surface area contributed by atoms with Crippen molar-refractivity contribution in [3.63, 3.8) is 0 Å². The molecule has 0 bridgehead atoms. The van der Waals surface area contributed by atoms with Crippen molar-refractivity contribution in [3.8, 4) is 0 Å². The Labute approximate surface area is 132 Å². The molecular formula is C18H27N3O. The van der Waals surface area contributed by atoms with Crippen LogP contribution in [0.1, 0.15) is 43.9 Å². The fourth-order valence-corrected chi connectivity index (χ4v) is 3.83. The summed E-state index contributed by atoms with van der Waals surface area (Å²) in [5.41, 5.74) is 3.48. The van der Waals surface area contributed by atoms with E-state index in [1.807, 2.05) is 0 Å². The zero-order chi connectivity index (χ0) is 15.6. The van der Waals surface area contributed by atoms with E-state index in [9.17, 15) is 5.11 Å². The molecule has 0 aliphatic carbocycles. The van der Waals surface area contributed by atoms with Crippen molar-refractivity contribution in [2.24, 2.45) is 5.41 Å². The van der Waals surface area contributed by atoms with Gasteiger partial charge in [0.15, 0.2) is 0 Å². The highest BCUT2D eigenvalue weighted by Crippen LogP contribution is 2.34. The molecule has 1 aliphatic heterocycles. The first-order valence-corrected chi connectivity index (χ1v) is 8.42. The van der Waals surface area contributed by atoms with Gasteiger partial charge in [-0.25, -0.2) is 4.98 Å². The first-order chi connectivity index (χ1) is 10.6. The van der Waals surface area contributed by atoms with Crippen LogP contribution in [-0.4, -0.2) is 39.1 Å². The normalized spacial score (nSPS) is 23.2. The molecule has 2 aromatic heterocycles. The van der Waals surface area contributed by atoms with Crippen molar-refractivity contribution in [1.82, 2.24) is 14.3 Å². The molecule has 0 saturated carbocycles. The molecule has 2 aromatic rings. The molecule has 1 atom stereocenters. The molecular weight excluding hydrogens is 274 g/mol. The van der Waals surface area contributed by atoms with Crippen LogP contribution < -0.4 is 0 Å². The fraction of sp³-hybridized carbons (Fsp3) is 0.611. The highest BCUT2D eigenvalue weighted by atomic mass is 16.3. The van der Waals surface area contributed by atoms with Crippen LogP contribution in [0.25, 0.3) is 5.65 Å². The molecule has 1 N–H and O–H groups in total. The lowest BCUT2D eigenvalue weighted by Crippen LogP contribution is -2.44. The third-order valence-corrected chi connectivity index (χ3v) is 4.91. The number of piperidine rings is 1. The van der Waals surface area contributed by atoms with E-state index in [-0.39, 0.29) is 5.41 Å². The maximum absolute atomic E-state index is 9.85. The summed E-state index contributed by atoms with van der Waals surface area (Å²) in [4.78, 5) is 7.21. The summed E-state index contributed by atoms with van der Waals surface area (Å²) in [6.45, 7) is 7.59. The first-order valence-electron chi connectivity index (χ1n) is 8.42. The monoisotopic (exact) mass is 301 g/mol. The summed E-state index contributed by atoms with van der Waals surface area (Å²) in [6.07, 6.45) is 8.79. The number of imidazole rings is 1. The van der Waals surface area contributed by atoms with E-state index in [1.54, 1.807) is 0 Å². The Hall–Kier alpha value is -1.39. The van der Waals surface area contributed by atoms with Gasteiger partial charge < -0.3 is 9.51 Å². The van der Waals surface area contributed by atoms with E-state index in [4.69, 9.17) is 4.98 Å². The van der Waals surface area contributed by atoms with E-state index in [1.165, 1.54) is 12.0 Å². The van der Waals surface area contributed by atoms with Crippen molar-refractivity contribution in [3.05, 3.63) is 35.8 Å². The number of hydrogen-bond acceptors (Lipinski definition) is 3. The minimum atomic E-state index is 0.0999. The van der Waals surface area contributed by atoms with Gasteiger partial charge in [0.25, 0.3) is 0 Å². The van der Waals surface area contributed by atoms with Gasteiger partial charge in [-0.2, -0.15) is 0 Å². The predicted octanol–water partition coefficient (Wildman–Crippen LogP) is 3.02. The summed E-state index contributed by atoms with van der Waals surface area (Å²) < 4.78 is 2.09. The van der Waals surface area contributed by atoms with E-state index >= 15 is 0 Å². The number of pyridine rings is 1. The van der Waals surface area contributed by atoms with Crippen molar-refractivity contribution < 1.29 is 5.11 Å². The first kappa shape index (κ1) is 15.5.